The van der Waals surface area contributed by atoms with E-state index in [2.05, 4.69) is 34.1 Å². The predicted molar refractivity (Wildman–Crippen MR) is 148 cm³/mol. The maximum Gasteiger partial charge on any atom is 0.224 e. The average Bonchev–Trinajstić information content (AvgIpc) is 3.12. The number of piperidine rings is 1. The Kier molecular flexibility index (Phi) is 9.04. The number of carbonyl (C=O) groups is 1. The molecular weight excluding hydrogens is 517 g/mol. The van der Waals surface area contributed by atoms with Gasteiger partial charge < -0.3 is 15.0 Å². The molecule has 1 aliphatic heterocycles. The fourth-order valence-corrected chi connectivity index (χ4v) is 5.89. The molecule has 0 bridgehead atoms. The highest BCUT2D eigenvalue weighted by atomic mass is 35.5. The molecule has 3 heterocycles. The second-order valence-electron chi connectivity index (χ2n) is 9.45. The molecule has 1 aliphatic rings. The Balaban J connectivity index is 1.26. The summed E-state index contributed by atoms with van der Waals surface area (Å²) in [7, 11) is 1.90. The van der Waals surface area contributed by atoms with E-state index in [9.17, 15) is 4.79 Å². The molecule has 36 heavy (non-hydrogen) atoms. The van der Waals surface area contributed by atoms with Crippen LogP contribution in [-0.2, 0) is 18.3 Å². The van der Waals surface area contributed by atoms with Crippen LogP contribution < -0.4 is 10.1 Å². The molecule has 7 nitrogen and oxygen atoms in total. The number of thioether (sulfide) groups is 1. The first kappa shape index (κ1) is 27.0. The SMILES string of the molecule is Cc1nn(C)c2ncc(CC(=O)NCCN3CCC(Oc4ccc(Cl)c(Cl)c4)CC3)c(SC(C)C)c12. The Bertz CT molecular complexity index is 1220. The molecule has 2 aromatic heterocycles. The monoisotopic (exact) mass is 549 g/mol. The molecule has 1 aromatic carbocycles. The van der Waals surface area contributed by atoms with Gasteiger partial charge in [-0.05, 0) is 37.5 Å². The summed E-state index contributed by atoms with van der Waals surface area (Å²) < 4.78 is 7.88. The first-order valence-corrected chi connectivity index (χ1v) is 13.9. The van der Waals surface area contributed by atoms with Crippen LogP contribution in [0.1, 0.15) is 37.9 Å². The van der Waals surface area contributed by atoms with Gasteiger partial charge in [-0.15, -0.1) is 11.8 Å². The Morgan fingerprint density at radius 1 is 1.25 bits per heavy atom. The third-order valence-corrected chi connectivity index (χ3v) is 8.15. The number of likely N-dealkylation sites (tertiary alicyclic amines) is 1. The number of benzene rings is 1. The van der Waals surface area contributed by atoms with Gasteiger partial charge in [-0.3, -0.25) is 9.48 Å². The Morgan fingerprint density at radius 2 is 2.00 bits per heavy atom. The minimum absolute atomic E-state index is 0.0149. The predicted octanol–water partition coefficient (Wildman–Crippen LogP) is 5.29. The van der Waals surface area contributed by atoms with E-state index >= 15 is 0 Å². The molecule has 0 unspecified atom stereocenters. The molecule has 1 amide bonds. The summed E-state index contributed by atoms with van der Waals surface area (Å²) >= 11 is 13.8. The van der Waals surface area contributed by atoms with Gasteiger partial charge in [-0.25, -0.2) is 4.98 Å². The highest BCUT2D eigenvalue weighted by Crippen LogP contribution is 2.35. The van der Waals surface area contributed by atoms with E-state index in [0.717, 1.165) is 65.4 Å². The topological polar surface area (TPSA) is 72.3 Å². The number of halogens is 2. The number of aryl methyl sites for hydroxylation is 2. The van der Waals surface area contributed by atoms with Gasteiger partial charge >= 0.3 is 0 Å². The summed E-state index contributed by atoms with van der Waals surface area (Å²) in [6, 6.07) is 5.37. The Hall–Kier alpha value is -2.00. The Morgan fingerprint density at radius 3 is 2.69 bits per heavy atom. The van der Waals surface area contributed by atoms with Gasteiger partial charge in [0.2, 0.25) is 5.91 Å². The number of rotatable bonds is 9. The molecule has 3 aromatic rings. The summed E-state index contributed by atoms with van der Waals surface area (Å²) in [5.41, 5.74) is 2.75. The van der Waals surface area contributed by atoms with E-state index in [1.165, 1.54) is 0 Å². The molecule has 0 spiro atoms. The van der Waals surface area contributed by atoms with Crippen molar-refractivity contribution in [3.63, 3.8) is 0 Å². The van der Waals surface area contributed by atoms with Crippen LogP contribution in [0.3, 0.4) is 0 Å². The fraction of sp³-hybridized carbons (Fsp3) is 0.500. The minimum Gasteiger partial charge on any atom is -0.490 e. The van der Waals surface area contributed by atoms with Crippen molar-refractivity contribution in [2.24, 2.45) is 7.05 Å². The number of nitrogens with one attached hydrogen (secondary N) is 1. The number of ether oxygens (including phenoxy) is 1. The standard InChI is InChI=1S/C26H33Cl2N5O2S/c1-16(2)36-25-18(15-30-26-24(25)17(3)31-32(26)4)13-23(34)29-9-12-33-10-7-19(8-11-33)35-20-5-6-21(27)22(28)14-20/h5-6,14-16,19H,7-13H2,1-4H3,(H,29,34). The van der Waals surface area contributed by atoms with Gasteiger partial charge in [0.25, 0.3) is 0 Å². The summed E-state index contributed by atoms with van der Waals surface area (Å²) in [4.78, 5) is 20.9. The van der Waals surface area contributed by atoms with E-state index in [0.29, 0.717) is 28.3 Å². The third-order valence-electron chi connectivity index (χ3n) is 6.24. The van der Waals surface area contributed by atoms with Crippen LogP contribution in [0.25, 0.3) is 11.0 Å². The zero-order valence-corrected chi connectivity index (χ0v) is 23.5. The molecule has 10 heteroatoms. The highest BCUT2D eigenvalue weighted by molar-refractivity contribution is 8.00. The van der Waals surface area contributed by atoms with E-state index in [-0.39, 0.29) is 12.0 Å². The molecule has 1 N–H and O–H groups in total. The van der Waals surface area contributed by atoms with Crippen LogP contribution >= 0.6 is 35.0 Å². The first-order valence-electron chi connectivity index (χ1n) is 12.3. The third kappa shape index (κ3) is 6.65. The Labute approximate surface area is 226 Å². The van der Waals surface area contributed by atoms with E-state index in [4.69, 9.17) is 27.9 Å². The number of carbonyl (C=O) groups excluding carboxylic acids is 1. The molecule has 0 saturated carbocycles. The second-order valence-corrected chi connectivity index (χ2v) is 11.8. The van der Waals surface area contributed by atoms with E-state index in [1.54, 1.807) is 28.6 Å². The highest BCUT2D eigenvalue weighted by Gasteiger charge is 2.22. The molecule has 1 fully saturated rings. The van der Waals surface area contributed by atoms with Crippen molar-refractivity contribution in [1.82, 2.24) is 25.0 Å². The van der Waals surface area contributed by atoms with Gasteiger partial charge in [0.1, 0.15) is 11.9 Å². The summed E-state index contributed by atoms with van der Waals surface area (Å²) in [5.74, 6) is 0.764. The van der Waals surface area contributed by atoms with Gasteiger partial charge in [0, 0.05) is 55.6 Å². The zero-order chi connectivity index (χ0) is 25.8. The number of pyridine rings is 1. The largest absolute Gasteiger partial charge is 0.490 e. The van der Waals surface area contributed by atoms with E-state index in [1.807, 2.05) is 26.2 Å². The fourth-order valence-electron chi connectivity index (χ4n) is 4.50. The van der Waals surface area contributed by atoms with Crippen molar-refractivity contribution in [1.29, 1.82) is 0 Å². The maximum atomic E-state index is 12.8. The summed E-state index contributed by atoms with van der Waals surface area (Å²) in [5, 5.41) is 10.1. The molecule has 1 saturated heterocycles. The van der Waals surface area contributed by atoms with Crippen LogP contribution in [-0.4, -0.2) is 63.1 Å². The number of fused-ring (bicyclic) bond motifs is 1. The van der Waals surface area contributed by atoms with Crippen LogP contribution in [0.4, 0.5) is 0 Å². The van der Waals surface area contributed by atoms with Crippen LogP contribution in [0.5, 0.6) is 5.75 Å². The molecule has 0 atom stereocenters. The smallest absolute Gasteiger partial charge is 0.224 e. The first-order chi connectivity index (χ1) is 17.2. The number of hydrogen-bond acceptors (Lipinski definition) is 6. The number of aromatic nitrogens is 3. The quantitative estimate of drug-likeness (QED) is 0.366. The lowest BCUT2D eigenvalue weighted by molar-refractivity contribution is -0.120. The van der Waals surface area contributed by atoms with Gasteiger partial charge in [0.15, 0.2) is 5.65 Å². The average molecular weight is 551 g/mol. The second kappa shape index (κ2) is 12.0. The van der Waals surface area contributed by atoms with Crippen molar-refractivity contribution in [2.75, 3.05) is 26.2 Å². The number of amides is 1. The van der Waals surface area contributed by atoms with Crippen molar-refractivity contribution in [3.8, 4) is 5.75 Å². The molecule has 0 aliphatic carbocycles. The van der Waals surface area contributed by atoms with Crippen LogP contribution in [0.15, 0.2) is 29.3 Å². The van der Waals surface area contributed by atoms with Gasteiger partial charge in [0.05, 0.1) is 27.5 Å². The summed E-state index contributed by atoms with van der Waals surface area (Å²) in [6.07, 6.45) is 4.15. The lowest BCUT2D eigenvalue weighted by atomic mass is 10.1. The van der Waals surface area contributed by atoms with Gasteiger partial charge in [-0.1, -0.05) is 37.0 Å². The van der Waals surface area contributed by atoms with Crippen LogP contribution in [0.2, 0.25) is 10.0 Å². The van der Waals surface area contributed by atoms with Crippen molar-refractivity contribution >= 4 is 51.9 Å². The minimum atomic E-state index is 0.0149. The lowest BCUT2D eigenvalue weighted by Crippen LogP contribution is -2.42. The van der Waals surface area contributed by atoms with Crippen molar-refractivity contribution < 1.29 is 9.53 Å². The molecule has 0 radical (unpaired) electrons. The normalized spacial score (nSPS) is 15.1. The maximum absolute atomic E-state index is 12.8. The number of nitrogens with zero attached hydrogens (tertiary/aromatic N) is 4. The number of hydrogen-bond donors (Lipinski definition) is 1. The van der Waals surface area contributed by atoms with Crippen molar-refractivity contribution in [2.45, 2.75) is 56.3 Å². The van der Waals surface area contributed by atoms with Crippen molar-refractivity contribution in [3.05, 3.63) is 45.7 Å². The van der Waals surface area contributed by atoms with Gasteiger partial charge in [-0.2, -0.15) is 5.10 Å². The van der Waals surface area contributed by atoms with E-state index < -0.39 is 0 Å². The zero-order valence-electron chi connectivity index (χ0n) is 21.2. The molecule has 4 rings (SSSR count). The lowest BCUT2D eigenvalue weighted by Gasteiger charge is -2.32. The van der Waals surface area contributed by atoms with Crippen LogP contribution in [0, 0.1) is 6.92 Å². The molecular formula is C26H33Cl2N5O2S. The summed E-state index contributed by atoms with van der Waals surface area (Å²) in [6.45, 7) is 9.60. The molecule has 194 valence electrons.